The summed E-state index contributed by atoms with van der Waals surface area (Å²) in [4.78, 5) is 35.4. The fourth-order valence-electron chi connectivity index (χ4n) is 1.66. The van der Waals surface area contributed by atoms with E-state index in [1.54, 1.807) is 0 Å². The number of nitrogens with one attached hydrogen (secondary N) is 1. The average molecular weight is 254 g/mol. The molecule has 0 spiro atoms. The van der Waals surface area contributed by atoms with Gasteiger partial charge in [0.05, 0.1) is 0 Å². The first-order valence-corrected chi connectivity index (χ1v) is 5.99. The monoisotopic (exact) mass is 254 g/mol. The Bertz CT molecular complexity index is 528. The molecule has 18 heavy (non-hydrogen) atoms. The Hall–Kier alpha value is -1.85. The normalized spacial score (nSPS) is 10.8. The van der Waals surface area contributed by atoms with Gasteiger partial charge in [0, 0.05) is 12.7 Å². The lowest BCUT2D eigenvalue weighted by molar-refractivity contribution is 0.0693. The Kier molecular flexibility index (Phi) is 4.88. The third-order valence-electron chi connectivity index (χ3n) is 2.67. The second-order valence-electron chi connectivity index (χ2n) is 4.69. The molecule has 0 aliphatic heterocycles. The smallest absolute Gasteiger partial charge is 0.342 e. The van der Waals surface area contributed by atoms with Crippen molar-refractivity contribution in [2.75, 3.05) is 0 Å². The van der Waals surface area contributed by atoms with Crippen molar-refractivity contribution < 1.29 is 9.90 Å². The van der Waals surface area contributed by atoms with Gasteiger partial charge in [-0.1, -0.05) is 26.7 Å². The molecule has 0 saturated carbocycles. The van der Waals surface area contributed by atoms with E-state index in [0.29, 0.717) is 12.5 Å². The van der Waals surface area contributed by atoms with Gasteiger partial charge in [0.15, 0.2) is 0 Å². The van der Waals surface area contributed by atoms with Crippen molar-refractivity contribution in [2.24, 2.45) is 5.92 Å². The van der Waals surface area contributed by atoms with Gasteiger partial charge in [-0.25, -0.2) is 9.59 Å². The van der Waals surface area contributed by atoms with Crippen LogP contribution >= 0.6 is 0 Å². The molecule has 0 aliphatic rings. The number of aromatic nitrogens is 2. The van der Waals surface area contributed by atoms with Crippen molar-refractivity contribution in [2.45, 2.75) is 39.7 Å². The van der Waals surface area contributed by atoms with E-state index in [1.807, 2.05) is 4.98 Å². The first-order valence-electron chi connectivity index (χ1n) is 5.99. The summed E-state index contributed by atoms with van der Waals surface area (Å²) < 4.78 is 1.24. The maximum atomic E-state index is 11.5. The fraction of sp³-hybridized carbons (Fsp3) is 0.583. The standard InChI is InChI=1S/C12H18N2O4/c1-8(2)5-3-4-6-14-7-9(11(16)17)10(15)13-12(14)18/h7-8H,3-6H2,1-2H3,(H,16,17)(H,13,15,18). The van der Waals surface area contributed by atoms with Crippen LogP contribution in [-0.2, 0) is 6.54 Å². The molecule has 0 bridgehead atoms. The molecular formula is C12H18N2O4. The largest absolute Gasteiger partial charge is 0.477 e. The average Bonchev–Trinajstić information content (AvgIpc) is 2.25. The highest BCUT2D eigenvalue weighted by molar-refractivity contribution is 5.86. The quantitative estimate of drug-likeness (QED) is 0.742. The van der Waals surface area contributed by atoms with E-state index in [1.165, 1.54) is 4.57 Å². The summed E-state index contributed by atoms with van der Waals surface area (Å²) in [7, 11) is 0. The van der Waals surface area contributed by atoms with Gasteiger partial charge in [0.2, 0.25) is 0 Å². The van der Waals surface area contributed by atoms with E-state index in [2.05, 4.69) is 13.8 Å². The van der Waals surface area contributed by atoms with Crippen molar-refractivity contribution in [3.8, 4) is 0 Å². The number of carboxylic acids is 1. The molecule has 0 aliphatic carbocycles. The lowest BCUT2D eigenvalue weighted by Gasteiger charge is -2.07. The molecule has 1 rings (SSSR count). The molecule has 0 amide bonds. The van der Waals surface area contributed by atoms with E-state index in [0.717, 1.165) is 25.5 Å². The zero-order valence-electron chi connectivity index (χ0n) is 10.6. The number of aryl methyl sites for hydroxylation is 1. The van der Waals surface area contributed by atoms with Crippen LogP contribution in [-0.4, -0.2) is 20.6 Å². The summed E-state index contributed by atoms with van der Waals surface area (Å²) in [6.45, 7) is 4.66. The minimum atomic E-state index is -1.33. The highest BCUT2D eigenvalue weighted by Crippen LogP contribution is 2.06. The van der Waals surface area contributed by atoms with Gasteiger partial charge in [-0.3, -0.25) is 14.3 Å². The minimum absolute atomic E-state index is 0.404. The SMILES string of the molecule is CC(C)CCCCn1cc(C(=O)O)c(=O)[nH]c1=O. The van der Waals surface area contributed by atoms with E-state index in [4.69, 9.17) is 5.11 Å². The van der Waals surface area contributed by atoms with Gasteiger partial charge in [0.25, 0.3) is 5.56 Å². The molecule has 100 valence electrons. The van der Waals surface area contributed by atoms with Crippen molar-refractivity contribution in [3.05, 3.63) is 32.6 Å². The van der Waals surface area contributed by atoms with Crippen LogP contribution in [0.5, 0.6) is 0 Å². The van der Waals surface area contributed by atoms with E-state index in [9.17, 15) is 14.4 Å². The number of carboxylic acid groups (broad SMARTS) is 1. The number of hydrogen-bond acceptors (Lipinski definition) is 3. The Labute approximate surface area is 104 Å². The highest BCUT2D eigenvalue weighted by atomic mass is 16.4. The first kappa shape index (κ1) is 14.2. The molecule has 0 radical (unpaired) electrons. The van der Waals surface area contributed by atoms with Crippen molar-refractivity contribution in [1.29, 1.82) is 0 Å². The van der Waals surface area contributed by atoms with E-state index < -0.39 is 22.8 Å². The third kappa shape index (κ3) is 3.87. The number of rotatable bonds is 6. The zero-order chi connectivity index (χ0) is 13.7. The lowest BCUT2D eigenvalue weighted by atomic mass is 10.1. The van der Waals surface area contributed by atoms with Gasteiger partial charge in [-0.15, -0.1) is 0 Å². The molecular weight excluding hydrogens is 236 g/mol. The molecule has 0 fully saturated rings. The van der Waals surface area contributed by atoms with Crippen molar-refractivity contribution in [1.82, 2.24) is 9.55 Å². The number of aromatic amines is 1. The molecule has 1 heterocycles. The summed E-state index contributed by atoms with van der Waals surface area (Å²) in [6, 6.07) is 0. The van der Waals surface area contributed by atoms with Crippen LogP contribution < -0.4 is 11.2 Å². The van der Waals surface area contributed by atoms with Crippen LogP contribution in [0.15, 0.2) is 15.8 Å². The Balaban J connectivity index is 2.77. The molecule has 6 nitrogen and oxygen atoms in total. The van der Waals surface area contributed by atoms with Crippen LogP contribution in [0.1, 0.15) is 43.5 Å². The van der Waals surface area contributed by atoms with Gasteiger partial charge in [-0.05, 0) is 12.3 Å². The van der Waals surface area contributed by atoms with Crippen LogP contribution in [0.4, 0.5) is 0 Å². The van der Waals surface area contributed by atoms with Crippen molar-refractivity contribution >= 4 is 5.97 Å². The highest BCUT2D eigenvalue weighted by Gasteiger charge is 2.11. The van der Waals surface area contributed by atoms with Gasteiger partial charge in [-0.2, -0.15) is 0 Å². The summed E-state index contributed by atoms with van der Waals surface area (Å²) in [5, 5.41) is 8.79. The van der Waals surface area contributed by atoms with Crippen LogP contribution in [0.25, 0.3) is 0 Å². The molecule has 1 aromatic rings. The Morgan fingerprint density at radius 3 is 2.61 bits per heavy atom. The van der Waals surface area contributed by atoms with E-state index in [-0.39, 0.29) is 0 Å². The van der Waals surface area contributed by atoms with E-state index >= 15 is 0 Å². The minimum Gasteiger partial charge on any atom is -0.477 e. The molecule has 6 heteroatoms. The molecule has 2 N–H and O–H groups in total. The Morgan fingerprint density at radius 2 is 2.06 bits per heavy atom. The number of carbonyl (C=O) groups is 1. The number of aromatic carboxylic acids is 1. The number of nitrogens with zero attached hydrogens (tertiary/aromatic N) is 1. The zero-order valence-corrected chi connectivity index (χ0v) is 10.6. The molecule has 1 aromatic heterocycles. The number of H-pyrrole nitrogens is 1. The van der Waals surface area contributed by atoms with Gasteiger partial charge in [0.1, 0.15) is 5.56 Å². The van der Waals surface area contributed by atoms with Crippen LogP contribution in [0, 0.1) is 5.92 Å². The predicted molar refractivity (Wildman–Crippen MR) is 67.0 cm³/mol. The topological polar surface area (TPSA) is 92.2 Å². The summed E-state index contributed by atoms with van der Waals surface area (Å²) in [5.41, 5.74) is -1.82. The van der Waals surface area contributed by atoms with Crippen LogP contribution in [0.2, 0.25) is 0 Å². The second kappa shape index (κ2) is 6.18. The van der Waals surface area contributed by atoms with Crippen LogP contribution in [0.3, 0.4) is 0 Å². The van der Waals surface area contributed by atoms with Crippen molar-refractivity contribution in [3.63, 3.8) is 0 Å². The molecule has 0 unspecified atom stereocenters. The summed E-state index contributed by atoms with van der Waals surface area (Å²) >= 11 is 0. The maximum absolute atomic E-state index is 11.5. The van der Waals surface area contributed by atoms with Gasteiger partial charge < -0.3 is 5.11 Å². The fourth-order valence-corrected chi connectivity index (χ4v) is 1.66. The summed E-state index contributed by atoms with van der Waals surface area (Å²) in [6.07, 6.45) is 3.91. The number of hydrogen-bond donors (Lipinski definition) is 2. The Morgan fingerprint density at radius 1 is 1.39 bits per heavy atom. The first-order chi connectivity index (χ1) is 8.41. The van der Waals surface area contributed by atoms with Gasteiger partial charge >= 0.3 is 11.7 Å². The number of unbranched alkanes of at least 4 members (excludes halogenated alkanes) is 1. The molecule has 0 atom stereocenters. The third-order valence-corrected chi connectivity index (χ3v) is 2.67. The molecule has 0 aromatic carbocycles. The predicted octanol–water partition coefficient (Wildman–Crippen LogP) is 1.06. The maximum Gasteiger partial charge on any atom is 0.342 e. The lowest BCUT2D eigenvalue weighted by Crippen LogP contribution is -2.33. The molecule has 0 saturated heterocycles. The summed E-state index contributed by atoms with van der Waals surface area (Å²) in [5.74, 6) is -0.723. The second-order valence-corrected chi connectivity index (χ2v) is 4.69.